The van der Waals surface area contributed by atoms with Crippen molar-refractivity contribution in [1.29, 1.82) is 0 Å². The van der Waals surface area contributed by atoms with Gasteiger partial charge in [0.25, 0.3) is 0 Å². The molecule has 0 amide bonds. The molecule has 6 nitrogen and oxygen atoms in total. The third-order valence-electron chi connectivity index (χ3n) is 5.45. The van der Waals surface area contributed by atoms with Gasteiger partial charge in [0.05, 0.1) is 17.3 Å². The number of carbonyl (C=O) groups excluding carboxylic acids is 1. The van der Waals surface area contributed by atoms with E-state index in [-0.39, 0.29) is 23.4 Å². The number of carboxylic acid groups (broad SMARTS) is 1. The standard InChI is InChI=1S/C26H23N3O3S/c1-16-7-9-18(10-8-16)25(30)21(14-17-5-4-6-20(13-17)29(2)3)24(26(31)32)19-11-12-22-23(15-19)28-33-27-22/h4-13,15H,14H2,1-3H3,(H,31,32)/b24-21+. The molecule has 1 heterocycles. The predicted octanol–water partition coefficient (Wildman–Crippen LogP) is 5.03. The van der Waals surface area contributed by atoms with Crippen molar-refractivity contribution in [3.05, 3.63) is 94.6 Å². The normalized spacial score (nSPS) is 11.8. The minimum Gasteiger partial charge on any atom is -0.478 e. The zero-order valence-electron chi connectivity index (χ0n) is 18.6. The van der Waals surface area contributed by atoms with E-state index >= 15 is 0 Å². The molecular formula is C26H23N3O3S. The highest BCUT2D eigenvalue weighted by atomic mass is 32.1. The number of fused-ring (bicyclic) bond motifs is 1. The van der Waals surface area contributed by atoms with Crippen LogP contribution in [0.1, 0.15) is 27.0 Å². The fourth-order valence-electron chi connectivity index (χ4n) is 3.67. The first-order valence-electron chi connectivity index (χ1n) is 10.4. The lowest BCUT2D eigenvalue weighted by molar-refractivity contribution is -0.130. The van der Waals surface area contributed by atoms with Gasteiger partial charge in [-0.25, -0.2) is 4.79 Å². The van der Waals surface area contributed by atoms with Gasteiger partial charge in [0, 0.05) is 37.3 Å². The third-order valence-corrected chi connectivity index (χ3v) is 6.01. The van der Waals surface area contributed by atoms with Crippen LogP contribution in [-0.4, -0.2) is 39.7 Å². The average molecular weight is 458 g/mol. The van der Waals surface area contributed by atoms with Gasteiger partial charge in [0.15, 0.2) is 5.78 Å². The Morgan fingerprint density at radius 1 is 0.909 bits per heavy atom. The Kier molecular flexibility index (Phi) is 6.33. The Bertz CT molecular complexity index is 1370. The van der Waals surface area contributed by atoms with Crippen LogP contribution in [0.5, 0.6) is 0 Å². The molecule has 0 bridgehead atoms. The number of ketones is 1. The van der Waals surface area contributed by atoms with E-state index in [1.165, 1.54) is 0 Å². The number of allylic oxidation sites excluding steroid dienone is 1. The number of hydrogen-bond acceptors (Lipinski definition) is 6. The highest BCUT2D eigenvalue weighted by molar-refractivity contribution is 7.00. The summed E-state index contributed by atoms with van der Waals surface area (Å²) in [5.41, 5.74) is 5.24. The molecule has 7 heteroatoms. The van der Waals surface area contributed by atoms with Gasteiger partial charge in [-0.05, 0) is 42.3 Å². The maximum Gasteiger partial charge on any atom is 0.336 e. The third kappa shape index (κ3) is 4.83. The number of rotatable bonds is 7. The Balaban J connectivity index is 1.90. The van der Waals surface area contributed by atoms with E-state index in [1.54, 1.807) is 30.3 Å². The number of nitrogens with zero attached hydrogens (tertiary/aromatic N) is 3. The molecule has 0 fully saturated rings. The summed E-state index contributed by atoms with van der Waals surface area (Å²) >= 11 is 1.07. The Labute approximate surface area is 196 Å². The minimum atomic E-state index is -1.16. The van der Waals surface area contributed by atoms with Crippen LogP contribution in [0.25, 0.3) is 16.6 Å². The van der Waals surface area contributed by atoms with Gasteiger partial charge in [0.2, 0.25) is 0 Å². The van der Waals surface area contributed by atoms with Gasteiger partial charge in [0.1, 0.15) is 11.0 Å². The fourth-order valence-corrected chi connectivity index (χ4v) is 4.19. The SMILES string of the molecule is Cc1ccc(C(=O)/C(Cc2cccc(N(C)C)c2)=C(/C(=O)O)c2ccc3nsnc3c2)cc1. The Morgan fingerprint density at radius 3 is 2.30 bits per heavy atom. The lowest BCUT2D eigenvalue weighted by atomic mass is 9.89. The van der Waals surface area contributed by atoms with Crippen LogP contribution in [-0.2, 0) is 11.2 Å². The van der Waals surface area contributed by atoms with Crippen molar-refractivity contribution >= 4 is 45.8 Å². The zero-order valence-corrected chi connectivity index (χ0v) is 19.4. The van der Waals surface area contributed by atoms with Crippen LogP contribution in [0, 0.1) is 6.92 Å². The molecule has 1 N–H and O–H groups in total. The largest absolute Gasteiger partial charge is 0.478 e. The number of carboxylic acids is 1. The van der Waals surface area contributed by atoms with E-state index in [9.17, 15) is 14.7 Å². The molecule has 0 atom stereocenters. The van der Waals surface area contributed by atoms with Crippen molar-refractivity contribution in [1.82, 2.24) is 8.75 Å². The maximum absolute atomic E-state index is 13.7. The van der Waals surface area contributed by atoms with Crippen molar-refractivity contribution < 1.29 is 14.7 Å². The van der Waals surface area contributed by atoms with Crippen LogP contribution in [0.3, 0.4) is 0 Å². The fraction of sp³-hybridized carbons (Fsp3) is 0.154. The lowest BCUT2D eigenvalue weighted by Crippen LogP contribution is -2.14. The first-order chi connectivity index (χ1) is 15.8. The highest BCUT2D eigenvalue weighted by Gasteiger charge is 2.24. The number of hydrogen-bond donors (Lipinski definition) is 1. The van der Waals surface area contributed by atoms with Crippen molar-refractivity contribution in [3.8, 4) is 0 Å². The Morgan fingerprint density at radius 2 is 1.61 bits per heavy atom. The van der Waals surface area contributed by atoms with Crippen molar-refractivity contribution in [3.63, 3.8) is 0 Å². The number of benzene rings is 3. The molecule has 0 aliphatic rings. The van der Waals surface area contributed by atoms with E-state index < -0.39 is 5.97 Å². The van der Waals surface area contributed by atoms with Gasteiger partial charge >= 0.3 is 5.97 Å². The summed E-state index contributed by atoms with van der Waals surface area (Å²) in [5, 5.41) is 10.2. The summed E-state index contributed by atoms with van der Waals surface area (Å²) in [7, 11) is 3.88. The molecule has 1 aromatic heterocycles. The molecule has 0 unspecified atom stereocenters. The molecular weight excluding hydrogens is 434 g/mol. The van der Waals surface area contributed by atoms with E-state index in [0.29, 0.717) is 22.2 Å². The second-order valence-electron chi connectivity index (χ2n) is 8.06. The van der Waals surface area contributed by atoms with Crippen LogP contribution in [0.15, 0.2) is 72.3 Å². The van der Waals surface area contributed by atoms with Crippen molar-refractivity contribution in [2.24, 2.45) is 0 Å². The number of aromatic nitrogens is 2. The van der Waals surface area contributed by atoms with Crippen LogP contribution >= 0.6 is 11.7 Å². The van der Waals surface area contributed by atoms with E-state index in [2.05, 4.69) is 8.75 Å². The number of carbonyl (C=O) groups is 2. The summed E-state index contributed by atoms with van der Waals surface area (Å²) in [6, 6.07) is 20.0. The summed E-state index contributed by atoms with van der Waals surface area (Å²) in [6.45, 7) is 1.94. The molecule has 4 rings (SSSR count). The quantitative estimate of drug-likeness (QED) is 0.310. The molecule has 4 aromatic rings. The van der Waals surface area contributed by atoms with E-state index in [4.69, 9.17) is 0 Å². The van der Waals surface area contributed by atoms with Crippen LogP contribution in [0.4, 0.5) is 5.69 Å². The summed E-state index contributed by atoms with van der Waals surface area (Å²) in [4.78, 5) is 28.1. The van der Waals surface area contributed by atoms with Crippen LogP contribution < -0.4 is 4.90 Å². The number of anilines is 1. The number of aryl methyl sites for hydroxylation is 1. The van der Waals surface area contributed by atoms with Gasteiger partial charge in [-0.2, -0.15) is 8.75 Å². The summed E-state index contributed by atoms with van der Waals surface area (Å²) < 4.78 is 8.42. The average Bonchev–Trinajstić information content (AvgIpc) is 3.27. The first kappa shape index (κ1) is 22.4. The molecule has 166 valence electrons. The second kappa shape index (κ2) is 9.34. The summed E-state index contributed by atoms with van der Waals surface area (Å²) in [5.74, 6) is -1.46. The minimum absolute atomic E-state index is 0.0225. The maximum atomic E-state index is 13.7. The monoisotopic (exact) mass is 457 g/mol. The van der Waals surface area contributed by atoms with Crippen molar-refractivity contribution in [2.75, 3.05) is 19.0 Å². The molecule has 0 spiro atoms. The predicted molar refractivity (Wildman–Crippen MR) is 132 cm³/mol. The number of aliphatic carboxylic acids is 1. The molecule has 33 heavy (non-hydrogen) atoms. The number of Topliss-reactive ketones (excluding diaryl/α,β-unsaturated/α-hetero) is 1. The topological polar surface area (TPSA) is 83.4 Å². The lowest BCUT2D eigenvalue weighted by Gasteiger charge is -2.16. The molecule has 0 saturated heterocycles. The Hall–Kier alpha value is -3.84. The smallest absolute Gasteiger partial charge is 0.336 e. The van der Waals surface area contributed by atoms with Gasteiger partial charge in [-0.1, -0.05) is 48.0 Å². The molecule has 0 radical (unpaired) electrons. The molecule has 0 saturated carbocycles. The second-order valence-corrected chi connectivity index (χ2v) is 8.59. The van der Waals surface area contributed by atoms with Gasteiger partial charge < -0.3 is 10.0 Å². The molecule has 3 aromatic carbocycles. The van der Waals surface area contributed by atoms with Gasteiger partial charge in [-0.3, -0.25) is 4.79 Å². The molecule has 0 aliphatic carbocycles. The zero-order chi connectivity index (χ0) is 23.5. The van der Waals surface area contributed by atoms with E-state index in [1.807, 2.05) is 62.3 Å². The van der Waals surface area contributed by atoms with E-state index in [0.717, 1.165) is 28.5 Å². The van der Waals surface area contributed by atoms with Crippen LogP contribution in [0.2, 0.25) is 0 Å². The van der Waals surface area contributed by atoms with Gasteiger partial charge in [-0.15, -0.1) is 0 Å². The first-order valence-corrected chi connectivity index (χ1v) is 11.1. The summed E-state index contributed by atoms with van der Waals surface area (Å²) in [6.07, 6.45) is 0.184. The highest BCUT2D eigenvalue weighted by Crippen LogP contribution is 2.28. The molecule has 0 aliphatic heterocycles. The van der Waals surface area contributed by atoms with Crippen molar-refractivity contribution in [2.45, 2.75) is 13.3 Å².